The molecular weight excluding hydrogens is 286 g/mol. The number of esters is 1. The van der Waals surface area contributed by atoms with Crippen LogP contribution in [0.3, 0.4) is 0 Å². The normalized spacial score (nSPS) is 16.0. The van der Waals surface area contributed by atoms with Gasteiger partial charge in [0.1, 0.15) is 5.76 Å². The quantitative estimate of drug-likeness (QED) is 0.774. The number of aliphatic imine (C=N–C) groups is 1. The van der Waals surface area contributed by atoms with Crippen molar-refractivity contribution >= 4 is 34.7 Å². The highest BCUT2D eigenvalue weighted by molar-refractivity contribution is 6.46. The van der Waals surface area contributed by atoms with E-state index in [1.807, 2.05) is 31.2 Å². The van der Waals surface area contributed by atoms with Crippen molar-refractivity contribution < 1.29 is 9.53 Å². The Labute approximate surface area is 127 Å². The molecule has 0 aromatic heterocycles. The van der Waals surface area contributed by atoms with E-state index in [0.717, 1.165) is 11.1 Å². The van der Waals surface area contributed by atoms with E-state index in [-0.39, 0.29) is 5.71 Å². The summed E-state index contributed by atoms with van der Waals surface area (Å²) in [5.41, 5.74) is 2.89. The first-order chi connectivity index (χ1) is 10.1. The summed E-state index contributed by atoms with van der Waals surface area (Å²) in [7, 11) is 0. The van der Waals surface area contributed by atoms with Crippen LogP contribution in [-0.4, -0.2) is 11.7 Å². The molecule has 1 heterocycles. The zero-order chi connectivity index (χ0) is 14.8. The van der Waals surface area contributed by atoms with Gasteiger partial charge in [-0.15, -0.1) is 0 Å². The topological polar surface area (TPSA) is 38.7 Å². The molecule has 0 spiro atoms. The van der Waals surface area contributed by atoms with E-state index in [9.17, 15) is 4.79 Å². The molecule has 3 nitrogen and oxygen atoms in total. The molecular formula is C17H12ClNO2. The molecule has 21 heavy (non-hydrogen) atoms. The molecule has 2 aromatic rings. The number of carbonyl (C=O) groups is 1. The first-order valence-electron chi connectivity index (χ1n) is 6.47. The number of carbonyl (C=O) groups excluding carboxylic acids is 1. The minimum Gasteiger partial charge on any atom is -0.421 e. The average Bonchev–Trinajstić information content (AvgIpc) is 2.81. The Hall–Kier alpha value is -2.39. The molecule has 104 valence electrons. The van der Waals surface area contributed by atoms with Crippen molar-refractivity contribution in [2.24, 2.45) is 4.99 Å². The fourth-order valence-corrected chi connectivity index (χ4v) is 2.17. The number of hydrogen-bond acceptors (Lipinski definition) is 3. The van der Waals surface area contributed by atoms with Gasteiger partial charge in [-0.2, -0.15) is 0 Å². The Kier molecular flexibility index (Phi) is 3.59. The molecule has 0 atom stereocenters. The molecule has 0 unspecified atom stereocenters. The van der Waals surface area contributed by atoms with Crippen LogP contribution >= 0.6 is 11.6 Å². The number of cyclic esters (lactones) is 1. The molecule has 0 fully saturated rings. The minimum atomic E-state index is -0.453. The monoisotopic (exact) mass is 297 g/mol. The molecule has 2 aromatic carbocycles. The van der Waals surface area contributed by atoms with Crippen molar-refractivity contribution in [3.05, 3.63) is 70.8 Å². The summed E-state index contributed by atoms with van der Waals surface area (Å²) in [6, 6.07) is 14.8. The van der Waals surface area contributed by atoms with Crippen LogP contribution in [0.25, 0.3) is 5.76 Å². The molecule has 0 aliphatic carbocycles. The van der Waals surface area contributed by atoms with Crippen LogP contribution in [0.5, 0.6) is 0 Å². The number of benzene rings is 2. The molecule has 0 amide bonds. The van der Waals surface area contributed by atoms with Crippen molar-refractivity contribution in [2.45, 2.75) is 6.92 Å². The van der Waals surface area contributed by atoms with E-state index in [0.29, 0.717) is 16.5 Å². The van der Waals surface area contributed by atoms with Gasteiger partial charge in [0.25, 0.3) is 0 Å². The summed E-state index contributed by atoms with van der Waals surface area (Å²) in [5.74, 6) is 0.0614. The maximum atomic E-state index is 11.9. The van der Waals surface area contributed by atoms with Gasteiger partial charge in [0.15, 0.2) is 5.71 Å². The van der Waals surface area contributed by atoms with Crippen LogP contribution in [0.4, 0.5) is 5.69 Å². The Morgan fingerprint density at radius 3 is 2.57 bits per heavy atom. The van der Waals surface area contributed by atoms with Gasteiger partial charge < -0.3 is 4.74 Å². The summed E-state index contributed by atoms with van der Waals surface area (Å²) in [6.07, 6.45) is 1.65. The third-order valence-corrected chi connectivity index (χ3v) is 3.31. The lowest BCUT2D eigenvalue weighted by atomic mass is 10.1. The number of nitrogens with zero attached hydrogens (tertiary/aromatic N) is 1. The summed E-state index contributed by atoms with van der Waals surface area (Å²) < 4.78 is 5.26. The van der Waals surface area contributed by atoms with Crippen molar-refractivity contribution in [3.8, 4) is 0 Å². The number of halogens is 1. The summed E-state index contributed by atoms with van der Waals surface area (Å²) in [4.78, 5) is 16.2. The van der Waals surface area contributed by atoms with Crippen LogP contribution < -0.4 is 0 Å². The van der Waals surface area contributed by atoms with Crippen LogP contribution in [0.2, 0.25) is 5.02 Å². The Morgan fingerprint density at radius 1 is 1.10 bits per heavy atom. The Balaban J connectivity index is 1.93. The Bertz CT molecular complexity index is 761. The van der Waals surface area contributed by atoms with Crippen molar-refractivity contribution in [2.75, 3.05) is 0 Å². The highest BCUT2D eigenvalue weighted by Crippen LogP contribution is 2.25. The van der Waals surface area contributed by atoms with E-state index in [2.05, 4.69) is 4.99 Å². The van der Waals surface area contributed by atoms with Crippen molar-refractivity contribution in [1.29, 1.82) is 0 Å². The van der Waals surface area contributed by atoms with Crippen LogP contribution in [0.15, 0.2) is 59.6 Å². The number of aryl methyl sites for hydroxylation is 1. The molecule has 1 aliphatic rings. The first-order valence-corrected chi connectivity index (χ1v) is 6.85. The molecule has 0 N–H and O–H groups in total. The van der Waals surface area contributed by atoms with E-state index >= 15 is 0 Å². The van der Waals surface area contributed by atoms with Crippen LogP contribution in [-0.2, 0) is 9.53 Å². The van der Waals surface area contributed by atoms with Gasteiger partial charge >= 0.3 is 5.97 Å². The van der Waals surface area contributed by atoms with Gasteiger partial charge in [-0.1, -0.05) is 47.5 Å². The lowest BCUT2D eigenvalue weighted by Gasteiger charge is -2.01. The third-order valence-electron chi connectivity index (χ3n) is 3.07. The molecule has 3 rings (SSSR count). The lowest BCUT2D eigenvalue weighted by Crippen LogP contribution is -2.06. The molecule has 0 saturated heterocycles. The smallest absolute Gasteiger partial charge is 0.362 e. The predicted octanol–water partition coefficient (Wildman–Crippen LogP) is 4.32. The molecule has 0 saturated carbocycles. The van der Waals surface area contributed by atoms with Crippen LogP contribution in [0.1, 0.15) is 11.1 Å². The van der Waals surface area contributed by atoms with Gasteiger partial charge in [-0.05, 0) is 25.1 Å². The van der Waals surface area contributed by atoms with E-state index < -0.39 is 5.97 Å². The highest BCUT2D eigenvalue weighted by Gasteiger charge is 2.23. The molecule has 1 aliphatic heterocycles. The largest absolute Gasteiger partial charge is 0.421 e. The Morgan fingerprint density at radius 2 is 1.86 bits per heavy atom. The second kappa shape index (κ2) is 5.54. The fraction of sp³-hybridized carbons (Fsp3) is 0.0588. The van der Waals surface area contributed by atoms with E-state index in [4.69, 9.17) is 16.3 Å². The van der Waals surface area contributed by atoms with Gasteiger partial charge in [-0.25, -0.2) is 9.79 Å². The second-order valence-electron chi connectivity index (χ2n) is 4.74. The van der Waals surface area contributed by atoms with E-state index in [1.165, 1.54) is 0 Å². The van der Waals surface area contributed by atoms with E-state index in [1.54, 1.807) is 30.3 Å². The third kappa shape index (κ3) is 3.03. The van der Waals surface area contributed by atoms with Crippen LogP contribution in [0, 0.1) is 6.92 Å². The lowest BCUT2D eigenvalue weighted by molar-refractivity contribution is -0.128. The summed E-state index contributed by atoms with van der Waals surface area (Å²) in [5, 5.41) is 0.575. The number of ether oxygens (including phenoxy) is 1. The minimum absolute atomic E-state index is 0.271. The average molecular weight is 298 g/mol. The zero-order valence-corrected chi connectivity index (χ0v) is 12.1. The number of rotatable bonds is 2. The highest BCUT2D eigenvalue weighted by atomic mass is 35.5. The maximum absolute atomic E-state index is 11.9. The fourth-order valence-electron chi connectivity index (χ4n) is 1.99. The first kappa shape index (κ1) is 13.6. The van der Waals surface area contributed by atoms with Crippen molar-refractivity contribution in [1.82, 2.24) is 0 Å². The predicted molar refractivity (Wildman–Crippen MR) is 83.8 cm³/mol. The molecule has 4 heteroatoms. The zero-order valence-electron chi connectivity index (χ0n) is 11.3. The molecule has 0 bridgehead atoms. The summed E-state index contributed by atoms with van der Waals surface area (Å²) >= 11 is 5.91. The second-order valence-corrected chi connectivity index (χ2v) is 5.18. The van der Waals surface area contributed by atoms with Gasteiger partial charge in [0.05, 0.1) is 5.69 Å². The molecule has 0 radical (unpaired) electrons. The number of hydrogen-bond donors (Lipinski definition) is 0. The summed E-state index contributed by atoms with van der Waals surface area (Å²) in [6.45, 7) is 2.00. The van der Waals surface area contributed by atoms with Gasteiger partial charge in [-0.3, -0.25) is 0 Å². The standard InChI is InChI=1S/C17H12ClNO2/c1-11-5-7-12(8-6-11)16-10-15(17(20)21-16)19-14-4-2-3-13(18)9-14/h2-10H,1H3. The van der Waals surface area contributed by atoms with Crippen molar-refractivity contribution in [3.63, 3.8) is 0 Å². The van der Waals surface area contributed by atoms with Gasteiger partial charge in [0.2, 0.25) is 0 Å². The SMILES string of the molecule is Cc1ccc(C2=CC(=Nc3cccc(Cl)c3)C(=O)O2)cc1. The van der Waals surface area contributed by atoms with Gasteiger partial charge in [0, 0.05) is 16.7 Å². The maximum Gasteiger partial charge on any atom is 0.362 e.